The molecule has 12 rings (SSSR count). The zero-order valence-electron chi connectivity index (χ0n) is 27.5. The van der Waals surface area contributed by atoms with Crippen LogP contribution in [-0.2, 0) is 5.41 Å². The second-order valence-electron chi connectivity index (χ2n) is 15.0. The van der Waals surface area contributed by atoms with Gasteiger partial charge in [0.05, 0.1) is 5.56 Å². The summed E-state index contributed by atoms with van der Waals surface area (Å²) in [4.78, 5) is 19.4. The summed E-state index contributed by atoms with van der Waals surface area (Å²) in [7, 11) is 0. The maximum Gasteiger partial charge on any atom is 0.182 e. The van der Waals surface area contributed by atoms with E-state index >= 15 is 0 Å². The van der Waals surface area contributed by atoms with E-state index in [1.165, 1.54) is 55.9 Å². The van der Waals surface area contributed by atoms with Gasteiger partial charge >= 0.3 is 0 Å². The van der Waals surface area contributed by atoms with Crippen LogP contribution in [0.1, 0.15) is 44.1 Å². The fourth-order valence-electron chi connectivity index (χ4n) is 10.0. The molecule has 4 fully saturated rings. The van der Waals surface area contributed by atoms with Gasteiger partial charge in [0.15, 0.2) is 29.4 Å². The normalized spacial score (nSPS) is 22.6. The molecule has 0 aliphatic heterocycles. The van der Waals surface area contributed by atoms with E-state index < -0.39 is 0 Å². The number of aromatic nitrogens is 4. The van der Waals surface area contributed by atoms with Gasteiger partial charge in [-0.05, 0) is 97.1 Å². The molecule has 0 atom stereocenters. The third-order valence-electron chi connectivity index (χ3n) is 11.9. The summed E-state index contributed by atoms with van der Waals surface area (Å²) in [5, 5.41) is 2.32. The molecule has 4 aliphatic rings. The molecule has 8 aromatic rings. The Balaban J connectivity index is 0.996. The van der Waals surface area contributed by atoms with Gasteiger partial charge in [0, 0.05) is 27.5 Å². The van der Waals surface area contributed by atoms with Crippen LogP contribution in [0.15, 0.2) is 124 Å². The van der Waals surface area contributed by atoms with Gasteiger partial charge in [-0.25, -0.2) is 19.9 Å². The summed E-state index contributed by atoms with van der Waals surface area (Å²) in [6, 6.07) is 37.7. The Hall–Kier alpha value is -5.62. The molecule has 0 unspecified atom stereocenters. The molecule has 3 heterocycles. The maximum atomic E-state index is 6.64. The van der Waals surface area contributed by atoms with Crippen LogP contribution in [-0.4, -0.2) is 19.9 Å². The molecule has 3 aromatic heterocycles. The van der Waals surface area contributed by atoms with Crippen molar-refractivity contribution in [1.29, 1.82) is 0 Å². The Morgan fingerprint density at radius 2 is 1.12 bits per heavy atom. The van der Waals surface area contributed by atoms with Gasteiger partial charge < -0.3 is 8.83 Å². The Morgan fingerprint density at radius 1 is 0.540 bits per heavy atom. The first kappa shape index (κ1) is 28.2. The van der Waals surface area contributed by atoms with Crippen molar-refractivity contribution in [2.24, 2.45) is 17.8 Å². The summed E-state index contributed by atoms with van der Waals surface area (Å²) in [5.74, 6) is 4.49. The number of rotatable bonds is 5. The standard InChI is InChI=1S/C44H34N4O2/c1-3-7-29(8-4-1)41-46-42(30-9-5-2-6-10-30)48-43(47-41)36-16-15-33(39-40(36)49-25-45-39)31-11-13-34-35-14-12-32(21-38(35)50-37(34)20-31)44-22-26-17-27(23-44)19-28(18-26)24-44/h1-16,20-21,25-28H,17-19,22-24H2. The van der Waals surface area contributed by atoms with E-state index in [-0.39, 0.29) is 0 Å². The van der Waals surface area contributed by atoms with Gasteiger partial charge in [-0.2, -0.15) is 0 Å². The lowest BCUT2D eigenvalue weighted by molar-refractivity contribution is -0.00515. The molecule has 6 nitrogen and oxygen atoms in total. The zero-order valence-corrected chi connectivity index (χ0v) is 27.5. The average Bonchev–Trinajstić information content (AvgIpc) is 3.79. The van der Waals surface area contributed by atoms with Crippen molar-refractivity contribution in [3.8, 4) is 45.3 Å². The Kier molecular flexibility index (Phi) is 6.04. The van der Waals surface area contributed by atoms with Crippen molar-refractivity contribution < 1.29 is 8.83 Å². The van der Waals surface area contributed by atoms with Crippen LogP contribution in [0.2, 0.25) is 0 Å². The third kappa shape index (κ3) is 4.40. The number of benzene rings is 5. The number of furan rings is 1. The quantitative estimate of drug-likeness (QED) is 0.184. The first-order valence-corrected chi connectivity index (χ1v) is 17.9. The van der Waals surface area contributed by atoms with Crippen LogP contribution in [0, 0.1) is 17.8 Å². The molecule has 0 N–H and O–H groups in total. The van der Waals surface area contributed by atoms with Crippen LogP contribution < -0.4 is 0 Å². The minimum atomic E-state index is 0.343. The molecule has 5 aromatic carbocycles. The van der Waals surface area contributed by atoms with Crippen molar-refractivity contribution in [2.75, 3.05) is 0 Å². The Bertz CT molecular complexity index is 2490. The van der Waals surface area contributed by atoms with Gasteiger partial charge in [0.2, 0.25) is 0 Å². The summed E-state index contributed by atoms with van der Waals surface area (Å²) in [5.41, 5.74) is 9.70. The Labute approximate surface area is 289 Å². The van der Waals surface area contributed by atoms with Crippen LogP contribution in [0.4, 0.5) is 0 Å². The van der Waals surface area contributed by atoms with E-state index in [9.17, 15) is 0 Å². The minimum absolute atomic E-state index is 0.343. The maximum absolute atomic E-state index is 6.64. The summed E-state index contributed by atoms with van der Waals surface area (Å²) < 4.78 is 12.7. The van der Waals surface area contributed by atoms with E-state index in [1.54, 1.807) is 0 Å². The highest BCUT2D eigenvalue weighted by molar-refractivity contribution is 6.07. The van der Waals surface area contributed by atoms with Crippen molar-refractivity contribution in [3.63, 3.8) is 0 Å². The van der Waals surface area contributed by atoms with Crippen molar-refractivity contribution >= 4 is 33.0 Å². The van der Waals surface area contributed by atoms with Crippen LogP contribution in [0.5, 0.6) is 0 Å². The van der Waals surface area contributed by atoms with E-state index in [1.807, 2.05) is 66.7 Å². The lowest BCUT2D eigenvalue weighted by Crippen LogP contribution is -2.48. The Morgan fingerprint density at radius 3 is 1.78 bits per heavy atom. The molecular weight excluding hydrogens is 617 g/mol. The highest BCUT2D eigenvalue weighted by atomic mass is 16.3. The predicted octanol–water partition coefficient (Wildman–Crippen LogP) is 11.0. The lowest BCUT2D eigenvalue weighted by atomic mass is 9.48. The molecule has 50 heavy (non-hydrogen) atoms. The molecule has 0 spiro atoms. The molecule has 0 radical (unpaired) electrons. The summed E-state index contributed by atoms with van der Waals surface area (Å²) >= 11 is 0. The van der Waals surface area contributed by atoms with Crippen molar-refractivity contribution in [1.82, 2.24) is 19.9 Å². The smallest absolute Gasteiger partial charge is 0.182 e. The van der Waals surface area contributed by atoms with Gasteiger partial charge in [0.25, 0.3) is 0 Å². The summed E-state index contributed by atoms with van der Waals surface area (Å²) in [6.07, 6.45) is 9.91. The molecule has 0 amide bonds. The number of hydrogen-bond donors (Lipinski definition) is 0. The highest BCUT2D eigenvalue weighted by Crippen LogP contribution is 2.61. The second kappa shape index (κ2) is 10.7. The molecule has 6 heteroatoms. The van der Waals surface area contributed by atoms with Crippen molar-refractivity contribution in [2.45, 2.75) is 43.9 Å². The molecular formula is C44H34N4O2. The second-order valence-corrected chi connectivity index (χ2v) is 15.0. The SMILES string of the molecule is c1ccc(-c2nc(-c3ccccc3)nc(-c3ccc(-c4ccc5c(c4)oc4cc(C67CC8CC(CC(C8)C6)C7)ccc45)c4ncoc34)n2)cc1. The van der Waals surface area contributed by atoms with Gasteiger partial charge in [-0.1, -0.05) is 84.9 Å². The number of oxazole rings is 1. The van der Waals surface area contributed by atoms with E-state index in [2.05, 4.69) is 42.5 Å². The average molecular weight is 651 g/mol. The summed E-state index contributed by atoms with van der Waals surface area (Å²) in [6.45, 7) is 0. The highest BCUT2D eigenvalue weighted by Gasteiger charge is 2.51. The minimum Gasteiger partial charge on any atom is -0.456 e. The van der Waals surface area contributed by atoms with E-state index in [0.717, 1.165) is 67.6 Å². The first-order valence-electron chi connectivity index (χ1n) is 17.9. The molecule has 4 bridgehead atoms. The van der Waals surface area contributed by atoms with Crippen LogP contribution in [0.25, 0.3) is 78.3 Å². The van der Waals surface area contributed by atoms with Gasteiger partial charge in [-0.3, -0.25) is 0 Å². The van der Waals surface area contributed by atoms with Crippen LogP contribution >= 0.6 is 0 Å². The fraction of sp³-hybridized carbons (Fsp3) is 0.227. The molecule has 4 aliphatic carbocycles. The zero-order chi connectivity index (χ0) is 32.8. The fourth-order valence-corrected chi connectivity index (χ4v) is 10.0. The van der Waals surface area contributed by atoms with E-state index in [0.29, 0.717) is 28.5 Å². The van der Waals surface area contributed by atoms with Crippen LogP contribution in [0.3, 0.4) is 0 Å². The molecule has 242 valence electrons. The van der Waals surface area contributed by atoms with Crippen molar-refractivity contribution in [3.05, 3.63) is 121 Å². The number of fused-ring (bicyclic) bond motifs is 4. The van der Waals surface area contributed by atoms with Gasteiger partial charge in [-0.15, -0.1) is 0 Å². The predicted molar refractivity (Wildman–Crippen MR) is 196 cm³/mol. The topological polar surface area (TPSA) is 77.8 Å². The first-order chi connectivity index (χ1) is 24.7. The number of nitrogens with zero attached hydrogens (tertiary/aromatic N) is 4. The number of hydrogen-bond acceptors (Lipinski definition) is 6. The largest absolute Gasteiger partial charge is 0.456 e. The van der Waals surface area contributed by atoms with E-state index in [4.69, 9.17) is 28.8 Å². The lowest BCUT2D eigenvalue weighted by Gasteiger charge is -2.57. The molecule has 0 saturated heterocycles. The van der Waals surface area contributed by atoms with Gasteiger partial charge in [0.1, 0.15) is 16.7 Å². The monoisotopic (exact) mass is 650 g/mol. The third-order valence-corrected chi connectivity index (χ3v) is 11.9. The molecule has 4 saturated carbocycles.